The topological polar surface area (TPSA) is 67.2 Å². The zero-order valence-corrected chi connectivity index (χ0v) is 13.1. The highest BCUT2D eigenvalue weighted by Crippen LogP contribution is 2.26. The number of aromatic nitrogens is 2. The van der Waals surface area contributed by atoms with Gasteiger partial charge in [0.1, 0.15) is 5.75 Å². The number of benzene rings is 1. The van der Waals surface area contributed by atoms with Crippen molar-refractivity contribution >= 4 is 39.1 Å². The second-order valence-corrected chi connectivity index (χ2v) is 5.55. The predicted molar refractivity (Wildman–Crippen MR) is 81.0 cm³/mol. The lowest BCUT2D eigenvalue weighted by Crippen LogP contribution is -2.15. The number of amides is 1. The number of carbonyl (C=O) groups is 1. The van der Waals surface area contributed by atoms with E-state index in [9.17, 15) is 9.90 Å². The van der Waals surface area contributed by atoms with E-state index in [1.807, 2.05) is 6.92 Å². The number of aryl methyl sites for hydroxylation is 1. The number of hydrogen-bond donors (Lipinski definition) is 2. The molecule has 20 heavy (non-hydrogen) atoms. The summed E-state index contributed by atoms with van der Waals surface area (Å²) in [6.07, 6.45) is 1.94. The Labute approximate surface area is 129 Å². The average molecular weight is 359 g/mol. The first kappa shape index (κ1) is 14.9. The van der Waals surface area contributed by atoms with Gasteiger partial charge in [0.15, 0.2) is 0 Å². The van der Waals surface area contributed by atoms with Crippen molar-refractivity contribution in [2.45, 2.75) is 19.9 Å². The Morgan fingerprint density at radius 1 is 1.55 bits per heavy atom. The molecular weight excluding hydrogens is 346 g/mol. The fourth-order valence-electron chi connectivity index (χ4n) is 1.68. The summed E-state index contributed by atoms with van der Waals surface area (Å²) < 4.78 is 2.65. The number of anilines is 1. The second kappa shape index (κ2) is 6.28. The van der Waals surface area contributed by atoms with E-state index in [-0.39, 0.29) is 18.1 Å². The Kier molecular flexibility index (Phi) is 4.67. The molecular formula is C13H13BrClN3O2. The van der Waals surface area contributed by atoms with Crippen LogP contribution in [0, 0.1) is 6.92 Å². The minimum absolute atomic E-state index is 0.0132. The van der Waals surface area contributed by atoms with Gasteiger partial charge in [-0.05, 0) is 41.1 Å². The summed E-state index contributed by atoms with van der Waals surface area (Å²) in [6.45, 7) is 2.38. The van der Waals surface area contributed by atoms with E-state index in [4.69, 9.17) is 11.6 Å². The maximum Gasteiger partial charge on any atom is 0.226 e. The molecule has 0 aliphatic heterocycles. The molecule has 5 nitrogen and oxygen atoms in total. The first-order chi connectivity index (χ1) is 9.47. The third-order valence-electron chi connectivity index (χ3n) is 2.83. The lowest BCUT2D eigenvalue weighted by Gasteiger charge is -2.08. The van der Waals surface area contributed by atoms with E-state index in [0.29, 0.717) is 17.3 Å². The van der Waals surface area contributed by atoms with Crippen molar-refractivity contribution < 1.29 is 9.90 Å². The van der Waals surface area contributed by atoms with Crippen LogP contribution in [0.15, 0.2) is 28.9 Å². The number of aromatic hydroxyl groups is 1. The van der Waals surface area contributed by atoms with Gasteiger partial charge < -0.3 is 10.4 Å². The van der Waals surface area contributed by atoms with E-state index in [2.05, 4.69) is 26.3 Å². The van der Waals surface area contributed by atoms with Crippen molar-refractivity contribution in [2.75, 3.05) is 5.32 Å². The van der Waals surface area contributed by atoms with Gasteiger partial charge in [-0.25, -0.2) is 0 Å². The van der Waals surface area contributed by atoms with Gasteiger partial charge in [0.05, 0.1) is 22.9 Å². The summed E-state index contributed by atoms with van der Waals surface area (Å²) in [5, 5.41) is 16.8. The molecule has 2 rings (SSSR count). The van der Waals surface area contributed by atoms with E-state index < -0.39 is 0 Å². The van der Waals surface area contributed by atoms with Gasteiger partial charge >= 0.3 is 0 Å². The summed E-state index contributed by atoms with van der Waals surface area (Å²) >= 11 is 9.18. The summed E-state index contributed by atoms with van der Waals surface area (Å²) in [7, 11) is 0. The number of nitrogens with one attached hydrogen (secondary N) is 1. The number of phenols is 1. The van der Waals surface area contributed by atoms with Crippen LogP contribution < -0.4 is 5.32 Å². The molecule has 2 aromatic rings. The van der Waals surface area contributed by atoms with Crippen molar-refractivity contribution in [1.82, 2.24) is 9.78 Å². The van der Waals surface area contributed by atoms with Crippen molar-refractivity contribution in [1.29, 1.82) is 0 Å². The first-order valence-corrected chi connectivity index (χ1v) is 7.10. The van der Waals surface area contributed by atoms with Gasteiger partial charge in [0.2, 0.25) is 5.91 Å². The van der Waals surface area contributed by atoms with Crippen LogP contribution in [-0.4, -0.2) is 20.8 Å². The zero-order chi connectivity index (χ0) is 14.7. The Morgan fingerprint density at radius 2 is 2.30 bits per heavy atom. The van der Waals surface area contributed by atoms with E-state index in [0.717, 1.165) is 10.2 Å². The molecule has 0 atom stereocenters. The predicted octanol–water partition coefficient (Wildman–Crippen LogP) is 3.34. The molecule has 2 N–H and O–H groups in total. The molecule has 0 aliphatic rings. The van der Waals surface area contributed by atoms with Gasteiger partial charge in [-0.15, -0.1) is 0 Å². The van der Waals surface area contributed by atoms with E-state index in [1.54, 1.807) is 16.9 Å². The van der Waals surface area contributed by atoms with Crippen LogP contribution in [0.1, 0.15) is 12.1 Å². The molecule has 7 heteroatoms. The van der Waals surface area contributed by atoms with E-state index >= 15 is 0 Å². The molecule has 0 aliphatic carbocycles. The molecule has 0 fully saturated rings. The minimum Gasteiger partial charge on any atom is -0.506 e. The molecule has 106 valence electrons. The molecule has 0 spiro atoms. The number of rotatable bonds is 4. The van der Waals surface area contributed by atoms with Crippen LogP contribution >= 0.6 is 27.5 Å². The fourth-order valence-corrected chi connectivity index (χ4v) is 2.15. The van der Waals surface area contributed by atoms with Crippen molar-refractivity contribution in [3.05, 3.63) is 39.6 Å². The van der Waals surface area contributed by atoms with Crippen molar-refractivity contribution in [3.8, 4) is 5.75 Å². The third kappa shape index (κ3) is 3.52. The highest BCUT2D eigenvalue weighted by atomic mass is 79.9. The number of carbonyl (C=O) groups excluding carboxylic acids is 1. The molecule has 0 unspecified atom stereocenters. The van der Waals surface area contributed by atoms with Gasteiger partial charge in [-0.1, -0.05) is 11.6 Å². The summed E-state index contributed by atoms with van der Waals surface area (Å²) in [6, 6.07) is 4.49. The van der Waals surface area contributed by atoms with Crippen molar-refractivity contribution in [3.63, 3.8) is 0 Å². The number of phenolic OH excluding ortho intramolecular Hbond substituents is 1. The maximum absolute atomic E-state index is 11.8. The Bertz CT molecular complexity index is 643. The quantitative estimate of drug-likeness (QED) is 0.824. The Balaban J connectivity index is 1.96. The Morgan fingerprint density at radius 3 is 2.95 bits per heavy atom. The SMILES string of the molecule is Cc1c(Br)cnn1CCC(=O)Nc1cc(Cl)ccc1O. The molecule has 0 radical (unpaired) electrons. The maximum atomic E-state index is 11.8. The molecule has 1 aromatic carbocycles. The van der Waals surface area contributed by atoms with Crippen LogP contribution in [0.5, 0.6) is 5.75 Å². The van der Waals surface area contributed by atoms with Crippen molar-refractivity contribution in [2.24, 2.45) is 0 Å². The minimum atomic E-state index is -0.214. The van der Waals surface area contributed by atoms with Gasteiger partial charge in [-0.2, -0.15) is 5.10 Å². The standard InChI is InChI=1S/C13H13BrClN3O2/c1-8-10(14)7-16-18(8)5-4-13(20)17-11-6-9(15)2-3-12(11)19/h2-3,6-7,19H,4-5H2,1H3,(H,17,20). The lowest BCUT2D eigenvalue weighted by molar-refractivity contribution is -0.116. The fraction of sp³-hybridized carbons (Fsp3) is 0.231. The lowest BCUT2D eigenvalue weighted by atomic mass is 10.2. The molecule has 1 heterocycles. The number of nitrogens with zero attached hydrogens (tertiary/aromatic N) is 2. The highest BCUT2D eigenvalue weighted by Gasteiger charge is 2.09. The third-order valence-corrected chi connectivity index (χ3v) is 3.84. The number of hydrogen-bond acceptors (Lipinski definition) is 3. The summed E-state index contributed by atoms with van der Waals surface area (Å²) in [4.78, 5) is 11.8. The average Bonchev–Trinajstić information content (AvgIpc) is 2.72. The summed E-state index contributed by atoms with van der Waals surface area (Å²) in [5.41, 5.74) is 1.27. The van der Waals surface area contributed by atoms with Crippen LogP contribution in [0.3, 0.4) is 0 Å². The first-order valence-electron chi connectivity index (χ1n) is 5.93. The van der Waals surface area contributed by atoms with Crippen LogP contribution in [0.4, 0.5) is 5.69 Å². The van der Waals surface area contributed by atoms with Gasteiger partial charge in [0.25, 0.3) is 0 Å². The monoisotopic (exact) mass is 357 g/mol. The molecule has 1 aromatic heterocycles. The highest BCUT2D eigenvalue weighted by molar-refractivity contribution is 9.10. The second-order valence-electron chi connectivity index (χ2n) is 4.26. The largest absolute Gasteiger partial charge is 0.506 e. The molecule has 0 saturated heterocycles. The number of halogens is 2. The van der Waals surface area contributed by atoms with Crippen LogP contribution in [0.25, 0.3) is 0 Å². The van der Waals surface area contributed by atoms with Crippen LogP contribution in [0.2, 0.25) is 5.02 Å². The molecule has 0 saturated carbocycles. The molecule has 1 amide bonds. The van der Waals surface area contributed by atoms with E-state index in [1.165, 1.54) is 12.1 Å². The zero-order valence-electron chi connectivity index (χ0n) is 10.7. The summed E-state index contributed by atoms with van der Waals surface area (Å²) in [5.74, 6) is -0.227. The van der Waals surface area contributed by atoms with Crippen LogP contribution in [-0.2, 0) is 11.3 Å². The normalized spacial score (nSPS) is 10.6. The van der Waals surface area contributed by atoms with Gasteiger partial charge in [-0.3, -0.25) is 9.48 Å². The Hall–Kier alpha value is -1.53. The molecule has 0 bridgehead atoms. The smallest absolute Gasteiger partial charge is 0.226 e. The van der Waals surface area contributed by atoms with Gasteiger partial charge in [0, 0.05) is 17.1 Å².